The summed E-state index contributed by atoms with van der Waals surface area (Å²) in [6.07, 6.45) is 0.547. The Morgan fingerprint density at radius 1 is 1.15 bits per heavy atom. The second kappa shape index (κ2) is 6.18. The highest BCUT2D eigenvalue weighted by atomic mass is 35.5. The standard InChI is InChI=1S/C15H11ClN2O2/c16-14-5-1-11(2-6-14)9-13(10-17)12-3-7-15(8-4-12)18(19)20/h1-8,13H,9H2/t13-/m1/s1. The molecule has 0 bridgehead atoms. The number of halogens is 1. The molecule has 0 fully saturated rings. The first-order valence-corrected chi connectivity index (χ1v) is 6.36. The minimum absolute atomic E-state index is 0.0249. The van der Waals surface area contributed by atoms with Crippen molar-refractivity contribution >= 4 is 17.3 Å². The highest BCUT2D eigenvalue weighted by Gasteiger charge is 2.13. The van der Waals surface area contributed by atoms with Crippen LogP contribution in [0.1, 0.15) is 17.0 Å². The van der Waals surface area contributed by atoms with Crippen molar-refractivity contribution in [3.8, 4) is 6.07 Å². The Bertz CT molecular complexity index is 645. The first kappa shape index (κ1) is 14.0. The molecule has 0 radical (unpaired) electrons. The molecule has 0 heterocycles. The second-order valence-electron chi connectivity index (χ2n) is 4.36. The highest BCUT2D eigenvalue weighted by Crippen LogP contribution is 2.23. The van der Waals surface area contributed by atoms with Gasteiger partial charge < -0.3 is 0 Å². The monoisotopic (exact) mass is 286 g/mol. The molecule has 0 aromatic heterocycles. The number of nitriles is 1. The zero-order valence-electron chi connectivity index (χ0n) is 10.5. The molecule has 2 aromatic carbocycles. The van der Waals surface area contributed by atoms with Crippen LogP contribution in [0.25, 0.3) is 0 Å². The molecule has 0 aliphatic heterocycles. The third-order valence-electron chi connectivity index (χ3n) is 3.02. The van der Waals surface area contributed by atoms with E-state index >= 15 is 0 Å². The fraction of sp³-hybridized carbons (Fsp3) is 0.133. The Morgan fingerprint density at radius 2 is 1.75 bits per heavy atom. The summed E-state index contributed by atoms with van der Waals surface area (Å²) in [7, 11) is 0. The predicted molar refractivity (Wildman–Crippen MR) is 76.6 cm³/mol. The minimum atomic E-state index is -0.454. The maximum atomic E-state index is 10.6. The van der Waals surface area contributed by atoms with Gasteiger partial charge >= 0.3 is 0 Å². The molecule has 0 saturated carbocycles. The number of benzene rings is 2. The summed E-state index contributed by atoms with van der Waals surface area (Å²) >= 11 is 5.82. The van der Waals surface area contributed by atoms with Crippen molar-refractivity contribution in [2.45, 2.75) is 12.3 Å². The minimum Gasteiger partial charge on any atom is -0.258 e. The van der Waals surface area contributed by atoms with Gasteiger partial charge in [0.15, 0.2) is 0 Å². The van der Waals surface area contributed by atoms with E-state index in [-0.39, 0.29) is 11.6 Å². The molecule has 0 aliphatic carbocycles. The topological polar surface area (TPSA) is 66.9 Å². The average Bonchev–Trinajstić information content (AvgIpc) is 2.47. The summed E-state index contributed by atoms with van der Waals surface area (Å²) < 4.78 is 0. The Hall–Kier alpha value is -2.38. The van der Waals surface area contributed by atoms with Gasteiger partial charge in [0.25, 0.3) is 5.69 Å². The summed E-state index contributed by atoms with van der Waals surface area (Å²) in [5.74, 6) is -0.336. The first-order chi connectivity index (χ1) is 9.60. The smallest absolute Gasteiger partial charge is 0.258 e. The molecule has 5 heteroatoms. The molecule has 0 aliphatic rings. The van der Waals surface area contributed by atoms with Gasteiger partial charge in [-0.15, -0.1) is 0 Å². The number of nitro groups is 1. The van der Waals surface area contributed by atoms with E-state index in [9.17, 15) is 15.4 Å². The zero-order valence-corrected chi connectivity index (χ0v) is 11.2. The molecule has 0 amide bonds. The first-order valence-electron chi connectivity index (χ1n) is 5.98. The van der Waals surface area contributed by atoms with Gasteiger partial charge in [-0.3, -0.25) is 10.1 Å². The Labute approximate surface area is 121 Å². The van der Waals surface area contributed by atoms with E-state index in [0.717, 1.165) is 11.1 Å². The van der Waals surface area contributed by atoms with Gasteiger partial charge in [-0.1, -0.05) is 35.9 Å². The van der Waals surface area contributed by atoms with Crippen LogP contribution >= 0.6 is 11.6 Å². The van der Waals surface area contributed by atoms with Crippen LogP contribution in [0.15, 0.2) is 48.5 Å². The fourth-order valence-electron chi connectivity index (χ4n) is 1.92. The summed E-state index contributed by atoms with van der Waals surface area (Å²) in [5.41, 5.74) is 1.80. The van der Waals surface area contributed by atoms with Crippen LogP contribution in [-0.2, 0) is 6.42 Å². The van der Waals surface area contributed by atoms with E-state index in [2.05, 4.69) is 6.07 Å². The van der Waals surface area contributed by atoms with Crippen molar-refractivity contribution in [1.29, 1.82) is 5.26 Å². The van der Waals surface area contributed by atoms with Crippen molar-refractivity contribution in [3.63, 3.8) is 0 Å². The average molecular weight is 287 g/mol. The zero-order chi connectivity index (χ0) is 14.5. The molecule has 0 N–H and O–H groups in total. The van der Waals surface area contributed by atoms with Crippen molar-refractivity contribution in [3.05, 3.63) is 74.8 Å². The number of nitro benzene ring substituents is 1. The fourth-order valence-corrected chi connectivity index (χ4v) is 2.05. The van der Waals surface area contributed by atoms with Crippen molar-refractivity contribution in [2.75, 3.05) is 0 Å². The van der Waals surface area contributed by atoms with E-state index in [0.29, 0.717) is 11.4 Å². The highest BCUT2D eigenvalue weighted by molar-refractivity contribution is 6.30. The summed E-state index contributed by atoms with van der Waals surface area (Å²) in [5, 5.41) is 20.5. The lowest BCUT2D eigenvalue weighted by atomic mass is 9.93. The van der Waals surface area contributed by atoms with Gasteiger partial charge in [-0.25, -0.2) is 0 Å². The van der Waals surface area contributed by atoms with Crippen LogP contribution in [0.5, 0.6) is 0 Å². The summed E-state index contributed by atoms with van der Waals surface area (Å²) in [4.78, 5) is 10.1. The van der Waals surface area contributed by atoms with Crippen LogP contribution in [0.3, 0.4) is 0 Å². The van der Waals surface area contributed by atoms with Crippen LogP contribution in [0.4, 0.5) is 5.69 Å². The number of rotatable bonds is 4. The van der Waals surface area contributed by atoms with Crippen molar-refractivity contribution in [2.24, 2.45) is 0 Å². The van der Waals surface area contributed by atoms with Gasteiger partial charge in [0.1, 0.15) is 0 Å². The summed E-state index contributed by atoms with van der Waals surface area (Å²) in [6, 6.07) is 15.6. The number of nitrogens with zero attached hydrogens (tertiary/aromatic N) is 2. The molecular weight excluding hydrogens is 276 g/mol. The Kier molecular flexibility index (Phi) is 4.34. The molecule has 2 aromatic rings. The van der Waals surface area contributed by atoms with E-state index in [4.69, 9.17) is 11.6 Å². The van der Waals surface area contributed by atoms with Crippen LogP contribution < -0.4 is 0 Å². The van der Waals surface area contributed by atoms with Crippen molar-refractivity contribution < 1.29 is 4.92 Å². The molecule has 0 unspecified atom stereocenters. The maximum absolute atomic E-state index is 10.6. The lowest BCUT2D eigenvalue weighted by molar-refractivity contribution is -0.384. The van der Waals surface area contributed by atoms with Gasteiger partial charge in [0.05, 0.1) is 16.9 Å². The number of hydrogen-bond acceptors (Lipinski definition) is 3. The SMILES string of the molecule is N#C[C@@H](Cc1ccc(Cl)cc1)c1ccc([N+](=O)[O-])cc1. The third-order valence-corrected chi connectivity index (χ3v) is 3.27. The number of hydrogen-bond donors (Lipinski definition) is 0. The maximum Gasteiger partial charge on any atom is 0.269 e. The molecule has 20 heavy (non-hydrogen) atoms. The lowest BCUT2D eigenvalue weighted by Crippen LogP contribution is -2.00. The molecule has 2 rings (SSSR count). The van der Waals surface area contributed by atoms with Gasteiger partial charge in [0, 0.05) is 17.2 Å². The van der Waals surface area contributed by atoms with Gasteiger partial charge in [0.2, 0.25) is 0 Å². The summed E-state index contributed by atoms with van der Waals surface area (Å²) in [6.45, 7) is 0. The molecule has 0 spiro atoms. The number of non-ortho nitro benzene ring substituents is 1. The van der Waals surface area contributed by atoms with Crippen LogP contribution in [-0.4, -0.2) is 4.92 Å². The van der Waals surface area contributed by atoms with E-state index in [1.54, 1.807) is 24.3 Å². The molecule has 4 nitrogen and oxygen atoms in total. The Morgan fingerprint density at radius 3 is 2.25 bits per heavy atom. The lowest BCUT2D eigenvalue weighted by Gasteiger charge is -2.09. The molecule has 100 valence electrons. The quantitative estimate of drug-likeness (QED) is 0.628. The van der Waals surface area contributed by atoms with E-state index in [1.165, 1.54) is 12.1 Å². The van der Waals surface area contributed by atoms with Crippen LogP contribution in [0.2, 0.25) is 5.02 Å². The second-order valence-corrected chi connectivity index (χ2v) is 4.80. The third kappa shape index (κ3) is 3.34. The normalized spacial score (nSPS) is 11.6. The Balaban J connectivity index is 2.18. The molecular formula is C15H11ClN2O2. The molecule has 1 atom stereocenters. The van der Waals surface area contributed by atoms with Gasteiger partial charge in [-0.05, 0) is 29.7 Å². The van der Waals surface area contributed by atoms with E-state index < -0.39 is 4.92 Å². The molecule has 0 saturated heterocycles. The largest absolute Gasteiger partial charge is 0.269 e. The van der Waals surface area contributed by atoms with E-state index in [1.807, 2.05) is 12.1 Å². The van der Waals surface area contributed by atoms with Gasteiger partial charge in [-0.2, -0.15) is 5.26 Å². The van der Waals surface area contributed by atoms with Crippen molar-refractivity contribution in [1.82, 2.24) is 0 Å². The van der Waals surface area contributed by atoms with Crippen LogP contribution in [0, 0.1) is 21.4 Å². The predicted octanol–water partition coefficient (Wildman–Crippen LogP) is 4.10.